The zero-order valence-electron chi connectivity index (χ0n) is 22.2. The van der Waals surface area contributed by atoms with Crippen molar-refractivity contribution in [2.45, 2.75) is 90.9 Å². The van der Waals surface area contributed by atoms with Gasteiger partial charge in [0.05, 0.1) is 24.6 Å². The maximum Gasteiger partial charge on any atom is 0.342 e. The lowest BCUT2D eigenvalue weighted by Gasteiger charge is -2.26. The zero-order chi connectivity index (χ0) is 25.8. The second-order valence-electron chi connectivity index (χ2n) is 9.07. The van der Waals surface area contributed by atoms with Gasteiger partial charge < -0.3 is 0 Å². The van der Waals surface area contributed by atoms with Crippen LogP contribution in [-0.4, -0.2) is 25.0 Å². The maximum atomic E-state index is 13.4. The Morgan fingerprint density at radius 1 is 0.528 bits per heavy atom. The molecule has 2 aromatic rings. The van der Waals surface area contributed by atoms with E-state index in [1.807, 2.05) is 36.4 Å². The standard InChI is InChI=1S/C30H44N2O4/c1-3-5-7-9-11-19-25-35-31(27-21-15-13-16-22-27)29(33)30(34)32(28-23-17-14-18-24-28)36-26-20-12-10-8-6-4-2/h13-18,21-24H,3-12,19-20,25-26H2,1-2H3. The Bertz CT molecular complexity index is 773. The molecule has 0 aliphatic rings. The van der Waals surface area contributed by atoms with Crippen molar-refractivity contribution in [3.05, 3.63) is 60.7 Å². The first kappa shape index (κ1) is 29.5. The van der Waals surface area contributed by atoms with E-state index in [0.717, 1.165) is 48.7 Å². The van der Waals surface area contributed by atoms with E-state index in [1.54, 1.807) is 24.3 Å². The normalized spacial score (nSPS) is 10.8. The Morgan fingerprint density at radius 2 is 0.861 bits per heavy atom. The molecule has 0 aromatic heterocycles. The number of anilines is 2. The van der Waals surface area contributed by atoms with E-state index in [4.69, 9.17) is 9.68 Å². The summed E-state index contributed by atoms with van der Waals surface area (Å²) in [4.78, 5) is 38.5. The van der Waals surface area contributed by atoms with Crippen molar-refractivity contribution in [3.63, 3.8) is 0 Å². The molecule has 0 aliphatic carbocycles. The molecule has 2 rings (SSSR count). The van der Waals surface area contributed by atoms with E-state index in [-0.39, 0.29) is 0 Å². The van der Waals surface area contributed by atoms with Gasteiger partial charge in [0.25, 0.3) is 0 Å². The molecule has 0 saturated heterocycles. The number of carbonyl (C=O) groups excluding carboxylic acids is 2. The molecule has 0 radical (unpaired) electrons. The summed E-state index contributed by atoms with van der Waals surface area (Å²) >= 11 is 0. The molecule has 0 spiro atoms. The first-order chi connectivity index (χ1) is 17.7. The number of hydrogen-bond acceptors (Lipinski definition) is 4. The molecule has 2 amide bonds. The Labute approximate surface area is 217 Å². The number of hydrogen-bond donors (Lipinski definition) is 0. The molecule has 0 bridgehead atoms. The molecular formula is C30H44N2O4. The topological polar surface area (TPSA) is 59.1 Å². The minimum Gasteiger partial charge on any atom is -0.266 e. The first-order valence-electron chi connectivity index (χ1n) is 13.7. The third-order valence-corrected chi connectivity index (χ3v) is 5.97. The molecule has 0 saturated carbocycles. The summed E-state index contributed by atoms with van der Waals surface area (Å²) in [6, 6.07) is 18.0. The molecule has 0 unspecified atom stereocenters. The van der Waals surface area contributed by atoms with Gasteiger partial charge >= 0.3 is 11.8 Å². The van der Waals surface area contributed by atoms with Crippen LogP contribution < -0.4 is 10.1 Å². The van der Waals surface area contributed by atoms with E-state index in [2.05, 4.69) is 13.8 Å². The van der Waals surface area contributed by atoms with Crippen LogP contribution in [0.1, 0.15) is 90.9 Å². The molecular weight excluding hydrogens is 452 g/mol. The van der Waals surface area contributed by atoms with Gasteiger partial charge in [0.2, 0.25) is 0 Å². The summed E-state index contributed by atoms with van der Waals surface area (Å²) < 4.78 is 0. The van der Waals surface area contributed by atoms with Crippen molar-refractivity contribution in [1.29, 1.82) is 0 Å². The lowest BCUT2D eigenvalue weighted by atomic mass is 10.1. The first-order valence-corrected chi connectivity index (χ1v) is 13.7. The van der Waals surface area contributed by atoms with Gasteiger partial charge in [-0.25, -0.2) is 0 Å². The van der Waals surface area contributed by atoms with Crippen LogP contribution in [0.25, 0.3) is 0 Å². The minimum atomic E-state index is -0.779. The van der Waals surface area contributed by atoms with Crippen molar-refractivity contribution in [1.82, 2.24) is 0 Å². The third kappa shape index (κ3) is 10.9. The predicted octanol–water partition coefficient (Wildman–Crippen LogP) is 7.64. The van der Waals surface area contributed by atoms with E-state index in [1.165, 1.54) is 38.5 Å². The van der Waals surface area contributed by atoms with Gasteiger partial charge in [-0.3, -0.25) is 19.3 Å². The number of amides is 2. The third-order valence-electron chi connectivity index (χ3n) is 5.97. The van der Waals surface area contributed by atoms with Crippen LogP contribution in [0.2, 0.25) is 0 Å². The van der Waals surface area contributed by atoms with E-state index >= 15 is 0 Å². The molecule has 36 heavy (non-hydrogen) atoms. The summed E-state index contributed by atoms with van der Waals surface area (Å²) in [5.74, 6) is -1.56. The zero-order valence-corrected chi connectivity index (χ0v) is 22.2. The van der Waals surface area contributed by atoms with Gasteiger partial charge in [0.1, 0.15) is 0 Å². The molecule has 6 heteroatoms. The highest BCUT2D eigenvalue weighted by atomic mass is 16.7. The number of nitrogens with zero attached hydrogens (tertiary/aromatic N) is 2. The smallest absolute Gasteiger partial charge is 0.266 e. The molecule has 0 aliphatic heterocycles. The number of hydroxylamine groups is 2. The van der Waals surface area contributed by atoms with E-state index in [9.17, 15) is 9.59 Å². The Kier molecular flexibility index (Phi) is 15.2. The highest BCUT2D eigenvalue weighted by molar-refractivity contribution is 6.43. The summed E-state index contributed by atoms with van der Waals surface area (Å²) in [5.41, 5.74) is 1.04. The fraction of sp³-hybridized carbons (Fsp3) is 0.533. The average Bonchev–Trinajstić information content (AvgIpc) is 2.92. The lowest BCUT2D eigenvalue weighted by molar-refractivity contribution is -0.144. The van der Waals surface area contributed by atoms with E-state index in [0.29, 0.717) is 24.6 Å². The Morgan fingerprint density at radius 3 is 1.22 bits per heavy atom. The molecule has 0 fully saturated rings. The lowest BCUT2D eigenvalue weighted by Crippen LogP contribution is -2.46. The molecule has 0 heterocycles. The second-order valence-corrected chi connectivity index (χ2v) is 9.07. The highest BCUT2D eigenvalue weighted by Gasteiger charge is 2.31. The largest absolute Gasteiger partial charge is 0.342 e. The second kappa shape index (κ2) is 18.6. The molecule has 0 atom stereocenters. The van der Waals surface area contributed by atoms with Crippen LogP contribution in [0, 0.1) is 0 Å². The SMILES string of the molecule is CCCCCCCCON(C(=O)C(=O)N(OCCCCCCCC)c1ccccc1)c1ccccc1. The highest BCUT2D eigenvalue weighted by Crippen LogP contribution is 2.20. The molecule has 6 nitrogen and oxygen atoms in total. The van der Waals surface area contributed by atoms with Gasteiger partial charge in [-0.05, 0) is 37.1 Å². The van der Waals surface area contributed by atoms with Crippen LogP contribution >= 0.6 is 0 Å². The van der Waals surface area contributed by atoms with Crippen LogP contribution in [0.5, 0.6) is 0 Å². The van der Waals surface area contributed by atoms with Gasteiger partial charge in [-0.1, -0.05) is 114 Å². The summed E-state index contributed by atoms with van der Waals surface area (Å²) in [6.07, 6.45) is 13.3. The quantitative estimate of drug-likeness (QED) is 0.121. The molecule has 198 valence electrons. The van der Waals surface area contributed by atoms with Crippen molar-refractivity contribution >= 4 is 23.2 Å². The van der Waals surface area contributed by atoms with Crippen molar-refractivity contribution < 1.29 is 19.3 Å². The predicted molar refractivity (Wildman–Crippen MR) is 147 cm³/mol. The van der Waals surface area contributed by atoms with Gasteiger partial charge in [-0.15, -0.1) is 0 Å². The number of carbonyl (C=O) groups is 2. The summed E-state index contributed by atoms with van der Waals surface area (Å²) in [6.45, 7) is 5.12. The molecule has 0 N–H and O–H groups in total. The minimum absolute atomic E-state index is 0.365. The van der Waals surface area contributed by atoms with Crippen molar-refractivity contribution in [3.8, 4) is 0 Å². The number of unbranched alkanes of at least 4 members (excludes halogenated alkanes) is 10. The summed E-state index contributed by atoms with van der Waals surface area (Å²) in [7, 11) is 0. The maximum absolute atomic E-state index is 13.4. The Balaban J connectivity index is 2.04. The fourth-order valence-electron chi connectivity index (χ4n) is 3.88. The van der Waals surface area contributed by atoms with Crippen molar-refractivity contribution in [2.75, 3.05) is 23.3 Å². The van der Waals surface area contributed by atoms with Crippen LogP contribution in [0.4, 0.5) is 11.4 Å². The van der Waals surface area contributed by atoms with Crippen LogP contribution in [0.3, 0.4) is 0 Å². The molecule has 2 aromatic carbocycles. The van der Waals surface area contributed by atoms with Crippen molar-refractivity contribution in [2.24, 2.45) is 0 Å². The number of benzene rings is 2. The fourth-order valence-corrected chi connectivity index (χ4v) is 3.88. The average molecular weight is 497 g/mol. The number of para-hydroxylation sites is 2. The Hall–Kier alpha value is -2.70. The van der Waals surface area contributed by atoms with Crippen LogP contribution in [0.15, 0.2) is 60.7 Å². The van der Waals surface area contributed by atoms with Gasteiger partial charge in [-0.2, -0.15) is 10.1 Å². The van der Waals surface area contributed by atoms with Crippen LogP contribution in [-0.2, 0) is 19.3 Å². The van der Waals surface area contributed by atoms with Gasteiger partial charge in [0, 0.05) is 0 Å². The summed E-state index contributed by atoms with van der Waals surface area (Å²) in [5, 5.41) is 2.22. The number of rotatable bonds is 18. The van der Waals surface area contributed by atoms with Gasteiger partial charge in [0.15, 0.2) is 0 Å². The monoisotopic (exact) mass is 496 g/mol. The van der Waals surface area contributed by atoms with E-state index < -0.39 is 11.8 Å².